The van der Waals surface area contributed by atoms with Gasteiger partial charge in [0.05, 0.1) is 0 Å². The highest BCUT2D eigenvalue weighted by Crippen LogP contribution is 2.25. The van der Waals surface area contributed by atoms with Gasteiger partial charge in [-0.2, -0.15) is 0 Å². The van der Waals surface area contributed by atoms with E-state index in [1.54, 1.807) is 0 Å². The Labute approximate surface area is 122 Å². The molecule has 2 unspecified atom stereocenters. The van der Waals surface area contributed by atoms with E-state index in [9.17, 15) is 4.79 Å². The number of piperazine rings is 1. The smallest absolute Gasteiger partial charge is 0.254 e. The lowest BCUT2D eigenvalue weighted by Gasteiger charge is -2.42. The number of nitrogens with zero attached hydrogens (tertiary/aromatic N) is 2. The zero-order valence-electron chi connectivity index (χ0n) is 11.2. The third-order valence-electron chi connectivity index (χ3n) is 4.29. The first-order chi connectivity index (χ1) is 9.15. The van der Waals surface area contributed by atoms with Gasteiger partial charge in [-0.1, -0.05) is 15.9 Å². The fourth-order valence-electron chi connectivity index (χ4n) is 3.23. The van der Waals surface area contributed by atoms with Crippen LogP contribution in [0.1, 0.15) is 30.1 Å². The highest BCUT2D eigenvalue weighted by molar-refractivity contribution is 9.10. The molecule has 0 aromatic heterocycles. The number of fused-ring (bicyclic) bond motifs is 1. The summed E-state index contributed by atoms with van der Waals surface area (Å²) >= 11 is 3.41. The molecule has 1 aromatic rings. The topological polar surface area (TPSA) is 23.6 Å². The van der Waals surface area contributed by atoms with Gasteiger partial charge in [0, 0.05) is 35.2 Å². The molecule has 2 heterocycles. The Morgan fingerprint density at radius 3 is 2.74 bits per heavy atom. The van der Waals surface area contributed by atoms with E-state index in [1.807, 2.05) is 24.3 Å². The molecule has 0 spiro atoms. The van der Waals surface area contributed by atoms with Crippen molar-refractivity contribution in [1.29, 1.82) is 0 Å². The number of hydrogen-bond donors (Lipinski definition) is 0. The van der Waals surface area contributed by atoms with Crippen LogP contribution in [0.4, 0.5) is 0 Å². The summed E-state index contributed by atoms with van der Waals surface area (Å²) in [6.07, 6.45) is 2.51. The molecule has 0 saturated carbocycles. The zero-order valence-corrected chi connectivity index (χ0v) is 12.8. The van der Waals surface area contributed by atoms with E-state index >= 15 is 0 Å². The molecule has 0 N–H and O–H groups in total. The van der Waals surface area contributed by atoms with Gasteiger partial charge in [-0.3, -0.25) is 9.69 Å². The van der Waals surface area contributed by atoms with Crippen LogP contribution in [0.25, 0.3) is 0 Å². The Bertz CT molecular complexity index is 474. The van der Waals surface area contributed by atoms with Gasteiger partial charge in [-0.25, -0.2) is 0 Å². The van der Waals surface area contributed by atoms with E-state index in [-0.39, 0.29) is 5.91 Å². The summed E-state index contributed by atoms with van der Waals surface area (Å²) in [5.74, 6) is 0.173. The molecule has 2 aliphatic heterocycles. The summed E-state index contributed by atoms with van der Waals surface area (Å²) in [5.41, 5.74) is 0.793. The van der Waals surface area contributed by atoms with Crippen molar-refractivity contribution in [3.8, 4) is 0 Å². The Morgan fingerprint density at radius 1 is 1.26 bits per heavy atom. The van der Waals surface area contributed by atoms with Crippen molar-refractivity contribution >= 4 is 21.8 Å². The first kappa shape index (κ1) is 13.1. The minimum atomic E-state index is 0.173. The first-order valence-electron chi connectivity index (χ1n) is 6.96. The van der Waals surface area contributed by atoms with Crippen LogP contribution in [0, 0.1) is 0 Å². The third kappa shape index (κ3) is 2.56. The van der Waals surface area contributed by atoms with E-state index < -0.39 is 0 Å². The summed E-state index contributed by atoms with van der Waals surface area (Å²) in [6.45, 7) is 5.27. The van der Waals surface area contributed by atoms with Gasteiger partial charge in [0.15, 0.2) is 0 Å². The molecule has 102 valence electrons. The maximum Gasteiger partial charge on any atom is 0.254 e. The lowest BCUT2D eigenvalue weighted by atomic mass is 10.1. The van der Waals surface area contributed by atoms with Crippen molar-refractivity contribution in [3.63, 3.8) is 0 Å². The van der Waals surface area contributed by atoms with E-state index in [0.29, 0.717) is 12.1 Å². The van der Waals surface area contributed by atoms with Crippen molar-refractivity contribution in [3.05, 3.63) is 34.3 Å². The normalized spacial score (nSPS) is 27.4. The number of rotatable bonds is 1. The Kier molecular flexibility index (Phi) is 3.63. The van der Waals surface area contributed by atoms with Crippen LogP contribution in [-0.2, 0) is 0 Å². The van der Waals surface area contributed by atoms with Gasteiger partial charge in [-0.15, -0.1) is 0 Å². The second-order valence-electron chi connectivity index (χ2n) is 5.60. The van der Waals surface area contributed by atoms with E-state index in [4.69, 9.17) is 0 Å². The number of carbonyl (C=O) groups is 1. The predicted molar refractivity (Wildman–Crippen MR) is 79.2 cm³/mol. The van der Waals surface area contributed by atoms with Crippen LogP contribution in [0.15, 0.2) is 28.7 Å². The van der Waals surface area contributed by atoms with E-state index in [2.05, 4.69) is 32.7 Å². The molecule has 3 rings (SSSR count). The quantitative estimate of drug-likeness (QED) is 0.793. The maximum atomic E-state index is 12.6. The molecule has 0 aliphatic carbocycles. The van der Waals surface area contributed by atoms with Gasteiger partial charge in [0.2, 0.25) is 0 Å². The average molecular weight is 323 g/mol. The van der Waals surface area contributed by atoms with Crippen LogP contribution in [-0.4, -0.2) is 47.4 Å². The van der Waals surface area contributed by atoms with Gasteiger partial charge >= 0.3 is 0 Å². The summed E-state index contributed by atoms with van der Waals surface area (Å²) in [6, 6.07) is 8.56. The molecule has 1 aromatic carbocycles. The molecule has 1 amide bonds. The monoisotopic (exact) mass is 322 g/mol. The average Bonchev–Trinajstić information content (AvgIpc) is 2.85. The zero-order chi connectivity index (χ0) is 13.4. The molecule has 0 bridgehead atoms. The van der Waals surface area contributed by atoms with Crippen molar-refractivity contribution in [2.75, 3.05) is 19.6 Å². The van der Waals surface area contributed by atoms with Crippen LogP contribution >= 0.6 is 15.9 Å². The number of benzene rings is 1. The SMILES string of the molecule is CC1CN2CCCC2CN1C(=O)c1ccc(Br)cc1. The number of amides is 1. The highest BCUT2D eigenvalue weighted by Gasteiger charge is 2.36. The largest absolute Gasteiger partial charge is 0.333 e. The summed E-state index contributed by atoms with van der Waals surface area (Å²) in [5, 5.41) is 0. The number of carbonyl (C=O) groups excluding carboxylic acids is 1. The molecule has 2 aliphatic rings. The first-order valence-corrected chi connectivity index (χ1v) is 7.75. The maximum absolute atomic E-state index is 12.6. The molecule has 2 fully saturated rings. The second-order valence-corrected chi connectivity index (χ2v) is 6.52. The molecule has 3 nitrogen and oxygen atoms in total. The number of hydrogen-bond acceptors (Lipinski definition) is 2. The molecular weight excluding hydrogens is 304 g/mol. The lowest BCUT2D eigenvalue weighted by molar-refractivity contribution is 0.0395. The van der Waals surface area contributed by atoms with Gasteiger partial charge in [0.1, 0.15) is 0 Å². The van der Waals surface area contributed by atoms with Gasteiger partial charge < -0.3 is 4.90 Å². The van der Waals surface area contributed by atoms with E-state index in [0.717, 1.165) is 23.1 Å². The predicted octanol–water partition coefficient (Wildman–Crippen LogP) is 2.76. The van der Waals surface area contributed by atoms with Gasteiger partial charge in [0.25, 0.3) is 5.91 Å². The van der Waals surface area contributed by atoms with Crippen LogP contribution in [0.3, 0.4) is 0 Å². The third-order valence-corrected chi connectivity index (χ3v) is 4.82. The van der Waals surface area contributed by atoms with Crippen molar-refractivity contribution < 1.29 is 4.79 Å². The van der Waals surface area contributed by atoms with E-state index in [1.165, 1.54) is 19.4 Å². The summed E-state index contributed by atoms with van der Waals surface area (Å²) in [7, 11) is 0. The summed E-state index contributed by atoms with van der Waals surface area (Å²) in [4.78, 5) is 17.2. The van der Waals surface area contributed by atoms with Crippen LogP contribution < -0.4 is 0 Å². The fourth-order valence-corrected chi connectivity index (χ4v) is 3.49. The van der Waals surface area contributed by atoms with Crippen LogP contribution in [0.2, 0.25) is 0 Å². The minimum Gasteiger partial charge on any atom is -0.333 e. The lowest BCUT2D eigenvalue weighted by Crippen LogP contribution is -2.56. The molecule has 19 heavy (non-hydrogen) atoms. The number of halogens is 1. The molecule has 2 saturated heterocycles. The second kappa shape index (κ2) is 5.25. The Hall–Kier alpha value is -0.870. The van der Waals surface area contributed by atoms with Crippen molar-refractivity contribution in [2.24, 2.45) is 0 Å². The fraction of sp³-hybridized carbons (Fsp3) is 0.533. The Balaban J connectivity index is 1.77. The summed E-state index contributed by atoms with van der Waals surface area (Å²) < 4.78 is 1.01. The minimum absolute atomic E-state index is 0.173. The van der Waals surface area contributed by atoms with Gasteiger partial charge in [-0.05, 0) is 50.6 Å². The van der Waals surface area contributed by atoms with Crippen molar-refractivity contribution in [1.82, 2.24) is 9.80 Å². The Morgan fingerprint density at radius 2 is 2.00 bits per heavy atom. The highest BCUT2D eigenvalue weighted by atomic mass is 79.9. The molecule has 2 atom stereocenters. The molecule has 4 heteroatoms. The molecular formula is C15H19BrN2O. The van der Waals surface area contributed by atoms with Crippen molar-refractivity contribution in [2.45, 2.75) is 31.8 Å². The van der Waals surface area contributed by atoms with Crippen LogP contribution in [0.5, 0.6) is 0 Å². The standard InChI is InChI=1S/C15H19BrN2O/c1-11-9-17-8-2-3-14(17)10-18(11)15(19)12-4-6-13(16)7-5-12/h4-7,11,14H,2-3,8-10H2,1H3. The molecule has 0 radical (unpaired) electrons.